The summed E-state index contributed by atoms with van der Waals surface area (Å²) in [6.07, 6.45) is -0.867. The largest absolute Gasteiger partial charge is 0.502 e. The van der Waals surface area contributed by atoms with Crippen LogP contribution >= 0.6 is 0 Å². The predicted octanol–water partition coefficient (Wildman–Crippen LogP) is 2.11. The van der Waals surface area contributed by atoms with E-state index in [1.54, 1.807) is 24.3 Å². The molecule has 4 atom stereocenters. The number of esters is 1. The number of phenolic OH excluding ortho intramolecular Hbond substituents is 1. The lowest BCUT2D eigenvalue weighted by molar-refractivity contribution is -0.141. The average Bonchev–Trinajstić information content (AvgIpc) is 3.34. The molecule has 0 amide bonds. The first-order valence-corrected chi connectivity index (χ1v) is 9.26. The van der Waals surface area contributed by atoms with E-state index in [1.165, 1.54) is 14.2 Å². The summed E-state index contributed by atoms with van der Waals surface area (Å²) in [5.41, 5.74) is 2.12. The maximum atomic E-state index is 12.7. The second-order valence-electron chi connectivity index (χ2n) is 7.35. The number of aliphatic hydroxyl groups excluding tert-OH is 1. The minimum atomic E-state index is -0.867. The fraction of sp³-hybridized carbons (Fsp3) is 0.381. The van der Waals surface area contributed by atoms with Crippen molar-refractivity contribution < 1.29 is 38.7 Å². The molecule has 2 unspecified atom stereocenters. The van der Waals surface area contributed by atoms with Crippen molar-refractivity contribution in [2.24, 2.45) is 11.8 Å². The molecule has 0 saturated carbocycles. The molecule has 5 rings (SSSR count). The van der Waals surface area contributed by atoms with E-state index >= 15 is 0 Å². The Hall–Kier alpha value is -3.13. The highest BCUT2D eigenvalue weighted by Gasteiger charge is 2.52. The molecule has 2 heterocycles. The van der Waals surface area contributed by atoms with E-state index < -0.39 is 23.9 Å². The molecule has 29 heavy (non-hydrogen) atoms. The SMILES string of the molecule is COc1cc([C@@H]2c3cc4c(cc3[C@@H](O)C3COC(=O)C32)OCO4)cc(OC)c1O. The van der Waals surface area contributed by atoms with Gasteiger partial charge in [-0.3, -0.25) is 4.79 Å². The van der Waals surface area contributed by atoms with Crippen LogP contribution < -0.4 is 18.9 Å². The van der Waals surface area contributed by atoms with E-state index in [9.17, 15) is 15.0 Å². The van der Waals surface area contributed by atoms with E-state index in [4.69, 9.17) is 23.7 Å². The Morgan fingerprint density at radius 2 is 1.59 bits per heavy atom. The molecule has 2 aliphatic heterocycles. The second-order valence-corrected chi connectivity index (χ2v) is 7.35. The third kappa shape index (κ3) is 2.52. The van der Waals surface area contributed by atoms with Crippen LogP contribution in [0.5, 0.6) is 28.7 Å². The van der Waals surface area contributed by atoms with Gasteiger partial charge in [0.2, 0.25) is 12.5 Å². The molecule has 2 aromatic rings. The van der Waals surface area contributed by atoms with E-state index in [1.807, 2.05) is 0 Å². The molecule has 2 N–H and O–H groups in total. The number of aromatic hydroxyl groups is 1. The number of phenols is 1. The average molecular weight is 400 g/mol. The summed E-state index contributed by atoms with van der Waals surface area (Å²) in [6, 6.07) is 6.93. The summed E-state index contributed by atoms with van der Waals surface area (Å²) < 4.78 is 26.9. The van der Waals surface area contributed by atoms with E-state index in [-0.39, 0.29) is 36.6 Å². The van der Waals surface area contributed by atoms with Crippen LogP contribution in [0.15, 0.2) is 24.3 Å². The van der Waals surface area contributed by atoms with Crippen molar-refractivity contribution in [3.63, 3.8) is 0 Å². The summed E-state index contributed by atoms with van der Waals surface area (Å²) in [4.78, 5) is 12.7. The van der Waals surface area contributed by atoms with Gasteiger partial charge in [0.15, 0.2) is 23.0 Å². The molecule has 1 fully saturated rings. The molecule has 8 heteroatoms. The lowest BCUT2D eigenvalue weighted by Gasteiger charge is -2.37. The van der Waals surface area contributed by atoms with E-state index in [0.29, 0.717) is 22.6 Å². The first kappa shape index (κ1) is 17.9. The summed E-state index contributed by atoms with van der Waals surface area (Å²) >= 11 is 0. The molecule has 152 valence electrons. The molecule has 3 aliphatic rings. The Labute approximate surface area is 166 Å². The highest BCUT2D eigenvalue weighted by atomic mass is 16.7. The van der Waals surface area contributed by atoms with Gasteiger partial charge in [-0.1, -0.05) is 0 Å². The van der Waals surface area contributed by atoms with Crippen molar-refractivity contribution in [1.82, 2.24) is 0 Å². The summed E-state index contributed by atoms with van der Waals surface area (Å²) in [7, 11) is 2.89. The van der Waals surface area contributed by atoms with Crippen molar-refractivity contribution in [2.45, 2.75) is 12.0 Å². The normalized spacial score (nSPS) is 26.5. The Morgan fingerprint density at radius 1 is 0.966 bits per heavy atom. The molecular formula is C21H20O8. The number of hydrogen-bond donors (Lipinski definition) is 2. The zero-order valence-corrected chi connectivity index (χ0v) is 15.9. The van der Waals surface area contributed by atoms with Crippen molar-refractivity contribution in [2.75, 3.05) is 27.6 Å². The summed E-state index contributed by atoms with van der Waals surface area (Å²) in [5, 5.41) is 21.3. The van der Waals surface area contributed by atoms with Crippen LogP contribution in [-0.4, -0.2) is 43.8 Å². The first-order chi connectivity index (χ1) is 14.0. The van der Waals surface area contributed by atoms with Gasteiger partial charge >= 0.3 is 5.97 Å². The fourth-order valence-corrected chi connectivity index (χ4v) is 4.63. The number of fused-ring (bicyclic) bond motifs is 3. The van der Waals surface area contributed by atoms with Gasteiger partial charge in [-0.15, -0.1) is 0 Å². The smallest absolute Gasteiger partial charge is 0.310 e. The van der Waals surface area contributed by atoms with Crippen LogP contribution in [0.1, 0.15) is 28.7 Å². The number of carbonyl (C=O) groups is 1. The predicted molar refractivity (Wildman–Crippen MR) is 98.5 cm³/mol. The summed E-state index contributed by atoms with van der Waals surface area (Å²) in [6.45, 7) is 0.246. The number of benzene rings is 2. The lowest BCUT2D eigenvalue weighted by Crippen LogP contribution is -2.34. The molecule has 1 aliphatic carbocycles. The number of methoxy groups -OCH3 is 2. The first-order valence-electron chi connectivity index (χ1n) is 9.26. The van der Waals surface area contributed by atoms with Crippen molar-refractivity contribution >= 4 is 5.97 Å². The van der Waals surface area contributed by atoms with Gasteiger partial charge in [-0.25, -0.2) is 0 Å². The zero-order valence-electron chi connectivity index (χ0n) is 15.9. The zero-order chi connectivity index (χ0) is 20.3. The third-order valence-electron chi connectivity index (χ3n) is 6.01. The second kappa shape index (κ2) is 6.45. The van der Waals surface area contributed by atoms with Crippen LogP contribution in [0, 0.1) is 11.8 Å². The fourth-order valence-electron chi connectivity index (χ4n) is 4.63. The molecular weight excluding hydrogens is 380 g/mol. The van der Waals surface area contributed by atoms with Gasteiger partial charge in [0, 0.05) is 11.8 Å². The molecule has 1 saturated heterocycles. The van der Waals surface area contributed by atoms with Crippen LogP contribution in [0.25, 0.3) is 0 Å². The molecule has 2 aromatic carbocycles. The van der Waals surface area contributed by atoms with Crippen LogP contribution in [0.3, 0.4) is 0 Å². The van der Waals surface area contributed by atoms with Gasteiger partial charge in [0.1, 0.15) is 0 Å². The van der Waals surface area contributed by atoms with E-state index in [2.05, 4.69) is 0 Å². The summed E-state index contributed by atoms with van der Waals surface area (Å²) in [5.74, 6) is -0.324. The minimum Gasteiger partial charge on any atom is -0.502 e. The van der Waals surface area contributed by atoms with Gasteiger partial charge < -0.3 is 33.9 Å². The van der Waals surface area contributed by atoms with E-state index in [0.717, 1.165) is 5.56 Å². The van der Waals surface area contributed by atoms with Gasteiger partial charge in [-0.2, -0.15) is 0 Å². The van der Waals surface area contributed by atoms with Crippen molar-refractivity contribution in [1.29, 1.82) is 0 Å². The number of cyclic esters (lactones) is 1. The number of aliphatic hydroxyl groups is 1. The monoisotopic (exact) mass is 400 g/mol. The quantitative estimate of drug-likeness (QED) is 0.755. The topological polar surface area (TPSA) is 104 Å². The van der Waals surface area contributed by atoms with Crippen LogP contribution in [0.4, 0.5) is 0 Å². The maximum Gasteiger partial charge on any atom is 0.310 e. The van der Waals surface area contributed by atoms with Crippen LogP contribution in [-0.2, 0) is 9.53 Å². The van der Waals surface area contributed by atoms with Gasteiger partial charge in [0.05, 0.1) is 32.8 Å². The molecule has 0 bridgehead atoms. The van der Waals surface area contributed by atoms with Gasteiger partial charge in [-0.05, 0) is 41.0 Å². The lowest BCUT2D eigenvalue weighted by atomic mass is 9.66. The Balaban J connectivity index is 1.75. The molecule has 0 spiro atoms. The maximum absolute atomic E-state index is 12.7. The highest BCUT2D eigenvalue weighted by Crippen LogP contribution is 2.55. The standard InChI is InChI=1S/C21H20O8/c1-25-15-3-9(4-16(26-2)20(15)23)17-10-5-13-14(29-8-28-13)6-11(10)19(22)12-7-27-21(24)18(12)17/h3-6,12,17-19,22-23H,7-8H2,1-2H3/t12?,17-,18?,19-/m1/s1. The molecule has 8 nitrogen and oxygen atoms in total. The van der Waals surface area contributed by atoms with Crippen molar-refractivity contribution in [3.05, 3.63) is 41.0 Å². The third-order valence-corrected chi connectivity index (χ3v) is 6.01. The number of carbonyl (C=O) groups excluding carboxylic acids is 1. The number of rotatable bonds is 3. The molecule has 0 aromatic heterocycles. The van der Waals surface area contributed by atoms with Crippen molar-refractivity contribution in [3.8, 4) is 28.7 Å². The highest BCUT2D eigenvalue weighted by molar-refractivity contribution is 5.79. The Kier molecular flexibility index (Phi) is 3.99. The molecule has 0 radical (unpaired) electrons. The number of ether oxygens (including phenoxy) is 5. The van der Waals surface area contributed by atoms with Gasteiger partial charge in [0.25, 0.3) is 0 Å². The minimum absolute atomic E-state index is 0.106. The Bertz CT molecular complexity index is 975. The number of hydrogen-bond acceptors (Lipinski definition) is 8. The Morgan fingerprint density at radius 3 is 2.21 bits per heavy atom. The van der Waals surface area contributed by atoms with Crippen LogP contribution in [0.2, 0.25) is 0 Å².